The molecule has 0 aliphatic carbocycles. The maximum Gasteiger partial charge on any atom is 0.407 e. The van der Waals surface area contributed by atoms with Crippen LogP contribution in [0.25, 0.3) is 0 Å². The van der Waals surface area contributed by atoms with Crippen LogP contribution in [0.2, 0.25) is 0 Å². The van der Waals surface area contributed by atoms with E-state index in [1.807, 2.05) is 78.1 Å². The third kappa shape index (κ3) is 25.9. The molecule has 3 atom stereocenters. The van der Waals surface area contributed by atoms with Crippen molar-refractivity contribution >= 4 is 64.9 Å². The monoisotopic (exact) mass is 1120 g/mol. The van der Waals surface area contributed by atoms with Crippen molar-refractivity contribution in [2.75, 3.05) is 90.5 Å². The van der Waals surface area contributed by atoms with E-state index in [2.05, 4.69) is 21.3 Å². The summed E-state index contributed by atoms with van der Waals surface area (Å²) in [6.45, 7) is 18.4. The second-order valence-electron chi connectivity index (χ2n) is 22.6. The van der Waals surface area contributed by atoms with Crippen molar-refractivity contribution in [2.45, 2.75) is 149 Å². The summed E-state index contributed by atoms with van der Waals surface area (Å²) in [6.07, 6.45) is 3.08. The van der Waals surface area contributed by atoms with Crippen LogP contribution in [0.1, 0.15) is 127 Å². The van der Waals surface area contributed by atoms with Crippen LogP contribution in [-0.2, 0) is 67.3 Å². The molecular weight excluding hydrogens is 1030 g/mol. The van der Waals surface area contributed by atoms with Gasteiger partial charge in [-0.25, -0.2) is 9.59 Å². The summed E-state index contributed by atoms with van der Waals surface area (Å²) in [7, 11) is 0. The number of fused-ring (bicyclic) bond motifs is 1. The van der Waals surface area contributed by atoms with Gasteiger partial charge in [-0.15, -0.1) is 0 Å². The molecule has 0 bridgehead atoms. The first kappa shape index (κ1) is 65.8. The van der Waals surface area contributed by atoms with Gasteiger partial charge in [0.2, 0.25) is 11.8 Å². The summed E-state index contributed by atoms with van der Waals surface area (Å²) in [5.41, 5.74) is 1.35. The topological polar surface area (TPSA) is 242 Å². The molecule has 1 unspecified atom stereocenters. The first-order valence-corrected chi connectivity index (χ1v) is 29.1. The minimum atomic E-state index is -0.990. The van der Waals surface area contributed by atoms with Crippen molar-refractivity contribution in [3.8, 4) is 0 Å². The van der Waals surface area contributed by atoms with Gasteiger partial charge < -0.3 is 40.4 Å². The molecule has 1 fully saturated rings. The van der Waals surface area contributed by atoms with Crippen molar-refractivity contribution in [2.24, 2.45) is 0 Å². The summed E-state index contributed by atoms with van der Waals surface area (Å²) in [5.74, 6) is -1.81. The van der Waals surface area contributed by atoms with E-state index in [1.54, 1.807) is 44.7 Å². The van der Waals surface area contributed by atoms with E-state index in [1.165, 1.54) is 18.7 Å². The molecule has 20 nitrogen and oxygen atoms in total. The summed E-state index contributed by atoms with van der Waals surface area (Å²) in [5, 5.41) is 11.9. The molecule has 0 radical (unpaired) electrons. The molecule has 2 aliphatic heterocycles. The van der Waals surface area contributed by atoms with Crippen LogP contribution in [0.15, 0.2) is 48.5 Å². The number of ether oxygens (including phenoxy) is 3. The number of thioether (sulfide) groups is 1. The number of nitrogens with one attached hydrogen (secondary N) is 4. The molecule has 1 saturated heterocycles. The molecule has 2 aromatic rings. The summed E-state index contributed by atoms with van der Waals surface area (Å²) < 4.78 is 16.5. The molecule has 0 aromatic heterocycles. The number of Topliss-reactive ketones (excluding diaryl/α,β-unsaturated/α-hetero) is 3. The number of carbonyl (C=O) groups is 9. The highest BCUT2D eigenvalue weighted by molar-refractivity contribution is 7.98. The number of nitrogens with zero attached hydrogens (tertiary/aromatic N) is 4. The molecule has 79 heavy (non-hydrogen) atoms. The van der Waals surface area contributed by atoms with Gasteiger partial charge in [-0.05, 0) is 122 Å². The lowest BCUT2D eigenvalue weighted by atomic mass is 9.93. The molecule has 0 saturated carbocycles. The third-order valence-corrected chi connectivity index (χ3v) is 13.8. The Morgan fingerprint density at radius 1 is 0.722 bits per heavy atom. The van der Waals surface area contributed by atoms with E-state index >= 15 is 0 Å². The molecule has 21 heteroatoms. The van der Waals surface area contributed by atoms with Gasteiger partial charge in [0.1, 0.15) is 35.4 Å². The lowest BCUT2D eigenvalue weighted by molar-refractivity contribution is -0.159. The van der Waals surface area contributed by atoms with Crippen LogP contribution in [0, 0.1) is 0 Å². The maximum absolute atomic E-state index is 14.3. The van der Waals surface area contributed by atoms with Crippen LogP contribution in [0.5, 0.6) is 0 Å². The quantitative estimate of drug-likeness (QED) is 0.0577. The van der Waals surface area contributed by atoms with Crippen LogP contribution < -0.4 is 21.3 Å². The van der Waals surface area contributed by atoms with E-state index in [4.69, 9.17) is 14.2 Å². The maximum atomic E-state index is 14.3. The Bertz CT molecular complexity index is 2360. The lowest BCUT2D eigenvalue weighted by Gasteiger charge is -2.35. The van der Waals surface area contributed by atoms with Crippen LogP contribution >= 0.6 is 11.8 Å². The first-order valence-electron chi connectivity index (χ1n) is 27.7. The molecule has 2 heterocycles. The molecular formula is C58H88N8O12S. The number of alkyl carbamates (subject to hydrolysis) is 1. The van der Waals surface area contributed by atoms with E-state index in [9.17, 15) is 43.2 Å². The second kappa shape index (κ2) is 33.1. The van der Waals surface area contributed by atoms with Crippen LogP contribution in [0.4, 0.5) is 4.79 Å². The number of ketones is 3. The van der Waals surface area contributed by atoms with Gasteiger partial charge in [0, 0.05) is 96.3 Å². The van der Waals surface area contributed by atoms with Crippen LogP contribution in [-0.4, -0.2) is 193 Å². The van der Waals surface area contributed by atoms with Gasteiger partial charge in [-0.2, -0.15) is 11.8 Å². The van der Waals surface area contributed by atoms with Gasteiger partial charge in [0.25, 0.3) is 5.91 Å². The predicted octanol–water partition coefficient (Wildman–Crippen LogP) is 4.48. The van der Waals surface area contributed by atoms with Gasteiger partial charge in [0.05, 0.1) is 25.7 Å². The zero-order chi connectivity index (χ0) is 58.1. The highest BCUT2D eigenvalue weighted by Crippen LogP contribution is 2.24. The molecule has 0 spiro atoms. The van der Waals surface area contributed by atoms with E-state index < -0.39 is 47.2 Å². The normalized spacial score (nSPS) is 16.9. The third-order valence-electron chi connectivity index (χ3n) is 13.1. The fourth-order valence-corrected chi connectivity index (χ4v) is 9.82. The number of hydrogen-bond donors (Lipinski definition) is 4. The minimum absolute atomic E-state index is 0.000998. The Labute approximate surface area is 471 Å². The number of amides is 4. The molecule has 438 valence electrons. The van der Waals surface area contributed by atoms with Crippen molar-refractivity contribution in [3.63, 3.8) is 0 Å². The standard InChI is InChI=1S/C58H88N8O12S/c1-41(67)34-45-37-65(32-31-64(39-53(72)77-57(3,4)5)30-29-63(28-26-59-45)35-42(2)68)38-52(71)66-27-23-46-44(36-66)18-15-19-47(46)54(73)62-48(24-33-79-9)50(69)21-22-51(70)61-49(55(74)78-58(6,7)8)20-13-14-25-60-56(75)76-40-43-16-11-10-12-17-43/h10-12,15-19,45,48-49,59H,13-14,20-40H2,1-9H3,(H,60,75)(H,61,70)(H,62,73)/t45?,48-,49-/m0/s1. The molecule has 4 rings (SSSR count). The fourth-order valence-electron chi connectivity index (χ4n) is 9.35. The number of hydrogen-bond acceptors (Lipinski definition) is 17. The molecule has 2 aromatic carbocycles. The Morgan fingerprint density at radius 2 is 1.41 bits per heavy atom. The van der Waals surface area contributed by atoms with Crippen molar-refractivity contribution in [1.82, 2.24) is 40.9 Å². The zero-order valence-corrected chi connectivity index (χ0v) is 49.0. The molecule has 4 amide bonds. The largest absolute Gasteiger partial charge is 0.459 e. The van der Waals surface area contributed by atoms with Crippen LogP contribution in [0.3, 0.4) is 0 Å². The average molecular weight is 1120 g/mol. The van der Waals surface area contributed by atoms with Gasteiger partial charge >= 0.3 is 18.0 Å². The lowest BCUT2D eigenvalue weighted by Crippen LogP contribution is -2.52. The first-order chi connectivity index (χ1) is 37.4. The number of carbonyl (C=O) groups excluding carboxylic acids is 9. The Kier molecular flexibility index (Phi) is 27.6. The minimum Gasteiger partial charge on any atom is -0.459 e. The number of benzene rings is 2. The summed E-state index contributed by atoms with van der Waals surface area (Å²) in [4.78, 5) is 127. The van der Waals surface area contributed by atoms with E-state index in [0.717, 1.165) is 16.7 Å². The van der Waals surface area contributed by atoms with Crippen molar-refractivity contribution in [1.29, 1.82) is 0 Å². The fraction of sp³-hybridized carbons (Fsp3) is 0.638. The average Bonchev–Trinajstić information content (AvgIpc) is 3.39. The van der Waals surface area contributed by atoms with Gasteiger partial charge in [0.15, 0.2) is 5.78 Å². The van der Waals surface area contributed by atoms with Crippen molar-refractivity contribution in [3.05, 3.63) is 70.8 Å². The predicted molar refractivity (Wildman–Crippen MR) is 303 cm³/mol. The highest BCUT2D eigenvalue weighted by atomic mass is 32.2. The van der Waals surface area contributed by atoms with E-state index in [0.29, 0.717) is 95.9 Å². The van der Waals surface area contributed by atoms with Gasteiger partial charge in [-0.1, -0.05) is 42.5 Å². The molecule has 2 aliphatic rings. The summed E-state index contributed by atoms with van der Waals surface area (Å²) >= 11 is 1.52. The second-order valence-corrected chi connectivity index (χ2v) is 23.5. The number of esters is 2. The Hall–Kier alpha value is -5.74. The number of unbranched alkanes of at least 4 members (excludes halogenated alkanes) is 1. The van der Waals surface area contributed by atoms with Gasteiger partial charge in [-0.3, -0.25) is 48.3 Å². The summed E-state index contributed by atoms with van der Waals surface area (Å²) in [6, 6.07) is 12.5. The Morgan fingerprint density at radius 3 is 2.06 bits per heavy atom. The van der Waals surface area contributed by atoms with Crippen molar-refractivity contribution < 1.29 is 57.4 Å². The highest BCUT2D eigenvalue weighted by Gasteiger charge is 2.31. The SMILES string of the molecule is CSCC[C@H](NC(=O)c1cccc2c1CCN(C(=O)CN1CCN(CC(=O)OC(C)(C)C)CCN(CC(C)=O)CCNC(CC(C)=O)C1)C2)C(=O)CCC(=O)N[C@@H](CCCCNC(=O)OCc1ccccc1)C(=O)OC(C)(C)C. The number of rotatable bonds is 26. The zero-order valence-electron chi connectivity index (χ0n) is 48.2. The Balaban J connectivity index is 1.38. The van der Waals surface area contributed by atoms with E-state index in [-0.39, 0.29) is 93.7 Å². The molecule has 4 N–H and O–H groups in total. The smallest absolute Gasteiger partial charge is 0.407 e.